The Morgan fingerprint density at radius 3 is 2.83 bits per heavy atom. The van der Waals surface area contributed by atoms with Crippen LogP contribution < -0.4 is 0 Å². The lowest BCUT2D eigenvalue weighted by atomic mass is 10.2. The van der Waals surface area contributed by atoms with Crippen LogP contribution in [0.25, 0.3) is 0 Å². The summed E-state index contributed by atoms with van der Waals surface area (Å²) in [6, 6.07) is 2.16. The summed E-state index contributed by atoms with van der Waals surface area (Å²) < 4.78 is 5.29. The molecule has 1 aromatic rings. The lowest BCUT2D eigenvalue weighted by Crippen LogP contribution is -2.07. The molecule has 68 valence electrons. The quantitative estimate of drug-likeness (QED) is 0.630. The standard InChI is InChI=1S/C8H11NO.C2H6/c1-6-4-7-5-10-3-2-8(7)9-6;1-2/h4,9H,2-3,5H2,1H3;1-2H3. The molecular weight excluding hydrogens is 150 g/mol. The van der Waals surface area contributed by atoms with Crippen molar-refractivity contribution in [2.45, 2.75) is 33.8 Å². The zero-order valence-corrected chi connectivity index (χ0v) is 8.11. The Hall–Kier alpha value is -0.760. The van der Waals surface area contributed by atoms with Crippen molar-refractivity contribution in [1.29, 1.82) is 0 Å². The number of fused-ring (bicyclic) bond motifs is 1. The molecule has 0 saturated carbocycles. The molecule has 12 heavy (non-hydrogen) atoms. The van der Waals surface area contributed by atoms with E-state index < -0.39 is 0 Å². The number of ether oxygens (including phenoxy) is 1. The van der Waals surface area contributed by atoms with Crippen molar-refractivity contribution in [3.8, 4) is 0 Å². The van der Waals surface area contributed by atoms with Crippen LogP contribution in [0.2, 0.25) is 0 Å². The molecule has 1 aromatic heterocycles. The first-order valence-electron chi connectivity index (χ1n) is 4.61. The molecular formula is C10H17NO. The molecule has 2 heterocycles. The van der Waals surface area contributed by atoms with Gasteiger partial charge in [-0.15, -0.1) is 0 Å². The zero-order chi connectivity index (χ0) is 8.97. The highest BCUT2D eigenvalue weighted by molar-refractivity contribution is 5.25. The smallest absolute Gasteiger partial charge is 0.0734 e. The number of nitrogens with one attached hydrogen (secondary N) is 1. The Morgan fingerprint density at radius 2 is 2.17 bits per heavy atom. The summed E-state index contributed by atoms with van der Waals surface area (Å²) in [6.07, 6.45) is 1.04. The van der Waals surface area contributed by atoms with E-state index in [1.165, 1.54) is 17.0 Å². The van der Waals surface area contributed by atoms with Crippen LogP contribution in [0.15, 0.2) is 6.07 Å². The van der Waals surface area contributed by atoms with Gasteiger partial charge >= 0.3 is 0 Å². The van der Waals surface area contributed by atoms with Gasteiger partial charge in [0.2, 0.25) is 0 Å². The molecule has 0 saturated heterocycles. The van der Waals surface area contributed by atoms with Crippen LogP contribution >= 0.6 is 0 Å². The van der Waals surface area contributed by atoms with Crippen molar-refractivity contribution in [1.82, 2.24) is 4.98 Å². The highest BCUT2D eigenvalue weighted by Gasteiger charge is 2.10. The number of rotatable bonds is 0. The third-order valence-electron chi connectivity index (χ3n) is 1.88. The van der Waals surface area contributed by atoms with Crippen LogP contribution in [0, 0.1) is 6.92 Å². The average Bonchev–Trinajstić information content (AvgIpc) is 2.48. The van der Waals surface area contributed by atoms with Crippen molar-refractivity contribution in [2.24, 2.45) is 0 Å². The minimum atomic E-state index is 0.791. The summed E-state index contributed by atoms with van der Waals surface area (Å²) in [4.78, 5) is 3.32. The van der Waals surface area contributed by atoms with Gasteiger partial charge in [0.25, 0.3) is 0 Å². The molecule has 0 bridgehead atoms. The molecule has 0 atom stereocenters. The number of aryl methyl sites for hydroxylation is 1. The fourth-order valence-corrected chi connectivity index (χ4v) is 1.41. The molecule has 2 nitrogen and oxygen atoms in total. The molecule has 1 N–H and O–H groups in total. The van der Waals surface area contributed by atoms with Gasteiger partial charge in [-0.05, 0) is 18.6 Å². The van der Waals surface area contributed by atoms with Crippen molar-refractivity contribution in [3.63, 3.8) is 0 Å². The molecule has 0 amide bonds. The van der Waals surface area contributed by atoms with Gasteiger partial charge in [0.1, 0.15) is 0 Å². The molecule has 0 radical (unpaired) electrons. The van der Waals surface area contributed by atoms with Crippen molar-refractivity contribution < 1.29 is 4.74 Å². The third kappa shape index (κ3) is 1.89. The van der Waals surface area contributed by atoms with Crippen LogP contribution in [0.3, 0.4) is 0 Å². The van der Waals surface area contributed by atoms with E-state index in [4.69, 9.17) is 4.74 Å². The van der Waals surface area contributed by atoms with E-state index in [1.54, 1.807) is 0 Å². The SMILES string of the molecule is CC.Cc1cc2c([nH]1)CCOC2. The van der Waals surface area contributed by atoms with Crippen LogP contribution in [0.4, 0.5) is 0 Å². The fraction of sp³-hybridized carbons (Fsp3) is 0.600. The van der Waals surface area contributed by atoms with E-state index in [-0.39, 0.29) is 0 Å². The van der Waals surface area contributed by atoms with Gasteiger partial charge in [-0.3, -0.25) is 0 Å². The second kappa shape index (κ2) is 4.31. The highest BCUT2D eigenvalue weighted by atomic mass is 16.5. The second-order valence-corrected chi connectivity index (χ2v) is 2.76. The molecule has 0 fully saturated rings. The predicted octanol–water partition coefficient (Wildman–Crippen LogP) is 2.42. The van der Waals surface area contributed by atoms with E-state index in [1.807, 2.05) is 13.8 Å². The highest BCUT2D eigenvalue weighted by Crippen LogP contribution is 2.16. The van der Waals surface area contributed by atoms with Crippen LogP contribution in [0.5, 0.6) is 0 Å². The van der Waals surface area contributed by atoms with Gasteiger partial charge in [0.05, 0.1) is 13.2 Å². The van der Waals surface area contributed by atoms with Gasteiger partial charge in [0, 0.05) is 17.8 Å². The van der Waals surface area contributed by atoms with Crippen molar-refractivity contribution >= 4 is 0 Å². The normalized spacial score (nSPS) is 14.6. The molecule has 0 aliphatic carbocycles. The number of aromatic nitrogens is 1. The Bertz CT molecular complexity index is 216. The summed E-state index contributed by atoms with van der Waals surface area (Å²) in [5.41, 5.74) is 3.95. The predicted molar refractivity (Wildman–Crippen MR) is 50.2 cm³/mol. The summed E-state index contributed by atoms with van der Waals surface area (Å²) in [7, 11) is 0. The van der Waals surface area contributed by atoms with Gasteiger partial charge < -0.3 is 9.72 Å². The number of H-pyrrole nitrogens is 1. The molecule has 2 rings (SSSR count). The maximum atomic E-state index is 5.29. The van der Waals surface area contributed by atoms with Gasteiger partial charge in [0.15, 0.2) is 0 Å². The maximum absolute atomic E-state index is 5.29. The summed E-state index contributed by atoms with van der Waals surface area (Å²) in [5, 5.41) is 0. The largest absolute Gasteiger partial charge is 0.376 e. The zero-order valence-electron chi connectivity index (χ0n) is 8.11. The second-order valence-electron chi connectivity index (χ2n) is 2.76. The molecule has 0 spiro atoms. The Labute approximate surface area is 73.9 Å². The summed E-state index contributed by atoms with van der Waals surface area (Å²) in [5.74, 6) is 0. The van der Waals surface area contributed by atoms with E-state index in [0.717, 1.165) is 19.6 Å². The minimum absolute atomic E-state index is 0.791. The van der Waals surface area contributed by atoms with Crippen LogP contribution in [-0.4, -0.2) is 11.6 Å². The maximum Gasteiger partial charge on any atom is 0.0734 e. The first kappa shape index (κ1) is 9.33. The van der Waals surface area contributed by atoms with Gasteiger partial charge in [-0.2, -0.15) is 0 Å². The summed E-state index contributed by atoms with van der Waals surface area (Å²) in [6.45, 7) is 7.74. The van der Waals surface area contributed by atoms with Crippen molar-refractivity contribution in [2.75, 3.05) is 6.61 Å². The molecule has 0 aromatic carbocycles. The Balaban J connectivity index is 0.000000336. The van der Waals surface area contributed by atoms with Gasteiger partial charge in [-0.1, -0.05) is 13.8 Å². The van der Waals surface area contributed by atoms with Gasteiger partial charge in [-0.25, -0.2) is 0 Å². The van der Waals surface area contributed by atoms with Crippen molar-refractivity contribution in [3.05, 3.63) is 23.0 Å². The lowest BCUT2D eigenvalue weighted by Gasteiger charge is -2.10. The molecule has 0 unspecified atom stereocenters. The first-order valence-corrected chi connectivity index (χ1v) is 4.61. The number of aromatic amines is 1. The third-order valence-corrected chi connectivity index (χ3v) is 1.88. The van der Waals surface area contributed by atoms with E-state index >= 15 is 0 Å². The molecule has 1 aliphatic heterocycles. The van der Waals surface area contributed by atoms with Crippen LogP contribution in [0.1, 0.15) is 30.8 Å². The lowest BCUT2D eigenvalue weighted by molar-refractivity contribution is 0.110. The number of hydrogen-bond acceptors (Lipinski definition) is 1. The van der Waals surface area contributed by atoms with Crippen LogP contribution in [-0.2, 0) is 17.8 Å². The Kier molecular flexibility index (Phi) is 3.35. The van der Waals surface area contributed by atoms with E-state index in [2.05, 4.69) is 18.0 Å². The molecule has 2 heteroatoms. The molecule has 1 aliphatic rings. The summed E-state index contributed by atoms with van der Waals surface area (Å²) >= 11 is 0. The van der Waals surface area contributed by atoms with E-state index in [0.29, 0.717) is 0 Å². The Morgan fingerprint density at radius 1 is 1.42 bits per heavy atom. The minimum Gasteiger partial charge on any atom is -0.376 e. The monoisotopic (exact) mass is 167 g/mol. The van der Waals surface area contributed by atoms with E-state index in [9.17, 15) is 0 Å². The number of hydrogen-bond donors (Lipinski definition) is 1. The fourth-order valence-electron chi connectivity index (χ4n) is 1.41. The average molecular weight is 167 g/mol. The topological polar surface area (TPSA) is 25.0 Å². The first-order chi connectivity index (χ1) is 5.86.